The van der Waals surface area contributed by atoms with Gasteiger partial charge in [0.25, 0.3) is 0 Å². The molecular weight excluding hydrogens is 360 g/mol. The molecular formula is C21H30N2O5. The second-order valence-corrected chi connectivity index (χ2v) is 7.23. The molecule has 154 valence electrons. The van der Waals surface area contributed by atoms with Crippen molar-refractivity contribution < 1.29 is 23.8 Å². The van der Waals surface area contributed by atoms with Gasteiger partial charge in [-0.05, 0) is 43.4 Å². The third-order valence-electron chi connectivity index (χ3n) is 5.49. The molecule has 0 radical (unpaired) electrons. The van der Waals surface area contributed by atoms with Crippen molar-refractivity contribution in [3.63, 3.8) is 0 Å². The Bertz CT molecular complexity index is 687. The van der Waals surface area contributed by atoms with Crippen molar-refractivity contribution in [2.75, 3.05) is 47.1 Å². The number of morpholine rings is 1. The summed E-state index contributed by atoms with van der Waals surface area (Å²) in [6.07, 6.45) is 3.62. The average Bonchev–Trinajstić information content (AvgIpc) is 3.23. The molecule has 3 rings (SSSR count). The van der Waals surface area contributed by atoms with Gasteiger partial charge in [-0.1, -0.05) is 6.07 Å². The number of hydrogen-bond donors (Lipinski definition) is 0. The van der Waals surface area contributed by atoms with Crippen LogP contribution in [0.4, 0.5) is 0 Å². The molecule has 0 saturated carbocycles. The quantitative estimate of drug-likeness (QED) is 0.711. The Morgan fingerprint density at radius 3 is 2.57 bits per heavy atom. The number of nitrogens with zero attached hydrogens (tertiary/aromatic N) is 2. The molecule has 2 amide bonds. The predicted molar refractivity (Wildman–Crippen MR) is 105 cm³/mol. The zero-order valence-electron chi connectivity index (χ0n) is 16.8. The lowest BCUT2D eigenvalue weighted by molar-refractivity contribution is -0.146. The van der Waals surface area contributed by atoms with Crippen LogP contribution in [0.1, 0.15) is 31.2 Å². The minimum atomic E-state index is -0.299. The van der Waals surface area contributed by atoms with Crippen LogP contribution in [0.15, 0.2) is 18.2 Å². The first-order chi connectivity index (χ1) is 13.6. The van der Waals surface area contributed by atoms with E-state index in [1.165, 1.54) is 0 Å². The Hall–Kier alpha value is -2.28. The standard InChI is InChI=1S/C21H30N2O5/c1-26-18-9-8-16(15-19(18)27-2)5-3-7-20(24)23-10-4-6-17(23)21(25)22-11-13-28-14-12-22/h8-9,15,17H,3-7,10-14H2,1-2H3. The molecule has 2 aliphatic heterocycles. The monoisotopic (exact) mass is 390 g/mol. The van der Waals surface area contributed by atoms with E-state index in [9.17, 15) is 9.59 Å². The highest BCUT2D eigenvalue weighted by atomic mass is 16.5. The highest BCUT2D eigenvalue weighted by molar-refractivity contribution is 5.88. The first kappa shape index (κ1) is 20.5. The molecule has 0 N–H and O–H groups in total. The van der Waals surface area contributed by atoms with E-state index < -0.39 is 0 Å². The summed E-state index contributed by atoms with van der Waals surface area (Å²) in [5, 5.41) is 0. The Morgan fingerprint density at radius 1 is 1.11 bits per heavy atom. The summed E-state index contributed by atoms with van der Waals surface area (Å²) in [6, 6.07) is 5.52. The fourth-order valence-electron chi connectivity index (χ4n) is 3.94. The molecule has 1 atom stereocenters. The molecule has 7 nitrogen and oxygen atoms in total. The number of aryl methyl sites for hydroxylation is 1. The van der Waals surface area contributed by atoms with E-state index in [1.54, 1.807) is 19.1 Å². The van der Waals surface area contributed by atoms with E-state index in [4.69, 9.17) is 14.2 Å². The molecule has 0 aliphatic carbocycles. The molecule has 0 bridgehead atoms. The van der Waals surface area contributed by atoms with Gasteiger partial charge in [0.05, 0.1) is 27.4 Å². The first-order valence-corrected chi connectivity index (χ1v) is 10.0. The Morgan fingerprint density at radius 2 is 1.86 bits per heavy atom. The zero-order chi connectivity index (χ0) is 19.9. The van der Waals surface area contributed by atoms with Gasteiger partial charge in [-0.15, -0.1) is 0 Å². The number of benzene rings is 1. The number of amides is 2. The maximum absolute atomic E-state index is 12.8. The Kier molecular flexibility index (Phi) is 7.14. The highest BCUT2D eigenvalue weighted by Crippen LogP contribution is 2.28. The fourth-order valence-corrected chi connectivity index (χ4v) is 3.94. The van der Waals surface area contributed by atoms with Gasteiger partial charge in [-0.25, -0.2) is 0 Å². The lowest BCUT2D eigenvalue weighted by Crippen LogP contribution is -2.51. The maximum atomic E-state index is 12.8. The lowest BCUT2D eigenvalue weighted by atomic mass is 10.1. The third kappa shape index (κ3) is 4.76. The van der Waals surface area contributed by atoms with E-state index in [0.717, 1.165) is 31.2 Å². The van der Waals surface area contributed by atoms with Crippen LogP contribution in [0.2, 0.25) is 0 Å². The van der Waals surface area contributed by atoms with Crippen LogP contribution in [0.3, 0.4) is 0 Å². The minimum absolute atomic E-state index is 0.0737. The number of likely N-dealkylation sites (tertiary alicyclic amines) is 1. The van der Waals surface area contributed by atoms with Crippen LogP contribution in [0.5, 0.6) is 11.5 Å². The normalized spacial score (nSPS) is 19.6. The molecule has 2 saturated heterocycles. The second-order valence-electron chi connectivity index (χ2n) is 7.23. The van der Waals surface area contributed by atoms with Crippen LogP contribution >= 0.6 is 0 Å². The predicted octanol–water partition coefficient (Wildman–Crippen LogP) is 1.88. The van der Waals surface area contributed by atoms with Crippen molar-refractivity contribution in [2.45, 2.75) is 38.1 Å². The molecule has 28 heavy (non-hydrogen) atoms. The molecule has 2 aliphatic rings. The third-order valence-corrected chi connectivity index (χ3v) is 5.49. The van der Waals surface area contributed by atoms with Crippen molar-refractivity contribution in [3.05, 3.63) is 23.8 Å². The van der Waals surface area contributed by atoms with Crippen LogP contribution in [0.25, 0.3) is 0 Å². The molecule has 1 aromatic rings. The summed E-state index contributed by atoms with van der Waals surface area (Å²) in [6.45, 7) is 3.08. The lowest BCUT2D eigenvalue weighted by Gasteiger charge is -2.32. The SMILES string of the molecule is COc1ccc(CCCC(=O)N2CCCC2C(=O)N2CCOCC2)cc1OC. The van der Waals surface area contributed by atoms with E-state index in [2.05, 4.69) is 0 Å². The van der Waals surface area contributed by atoms with Gasteiger partial charge < -0.3 is 24.0 Å². The topological polar surface area (TPSA) is 68.3 Å². The van der Waals surface area contributed by atoms with Gasteiger partial charge in [0.2, 0.25) is 11.8 Å². The zero-order valence-corrected chi connectivity index (χ0v) is 16.8. The van der Waals surface area contributed by atoms with Crippen molar-refractivity contribution >= 4 is 11.8 Å². The average molecular weight is 390 g/mol. The largest absolute Gasteiger partial charge is 0.493 e. The van der Waals surface area contributed by atoms with E-state index >= 15 is 0 Å². The van der Waals surface area contributed by atoms with Crippen LogP contribution in [-0.2, 0) is 20.7 Å². The molecule has 2 fully saturated rings. The van der Waals surface area contributed by atoms with Crippen molar-refractivity contribution in [2.24, 2.45) is 0 Å². The van der Waals surface area contributed by atoms with E-state index in [0.29, 0.717) is 50.8 Å². The molecule has 1 unspecified atom stereocenters. The second kappa shape index (κ2) is 9.78. The number of carbonyl (C=O) groups is 2. The summed E-state index contributed by atoms with van der Waals surface area (Å²) in [7, 11) is 3.23. The van der Waals surface area contributed by atoms with Crippen molar-refractivity contribution in [1.82, 2.24) is 9.80 Å². The molecule has 2 heterocycles. The molecule has 7 heteroatoms. The van der Waals surface area contributed by atoms with E-state index in [-0.39, 0.29) is 17.9 Å². The van der Waals surface area contributed by atoms with E-state index in [1.807, 2.05) is 23.1 Å². The van der Waals surface area contributed by atoms with Crippen LogP contribution < -0.4 is 9.47 Å². The number of carbonyl (C=O) groups excluding carboxylic acids is 2. The molecule has 0 aromatic heterocycles. The maximum Gasteiger partial charge on any atom is 0.245 e. The number of rotatable bonds is 7. The minimum Gasteiger partial charge on any atom is -0.493 e. The number of hydrogen-bond acceptors (Lipinski definition) is 5. The number of ether oxygens (including phenoxy) is 3. The summed E-state index contributed by atoms with van der Waals surface area (Å²) in [5.74, 6) is 1.55. The summed E-state index contributed by atoms with van der Waals surface area (Å²) < 4.78 is 15.9. The summed E-state index contributed by atoms with van der Waals surface area (Å²) >= 11 is 0. The van der Waals surface area contributed by atoms with Crippen molar-refractivity contribution in [3.8, 4) is 11.5 Å². The fraction of sp³-hybridized carbons (Fsp3) is 0.619. The van der Waals surface area contributed by atoms with Gasteiger partial charge >= 0.3 is 0 Å². The van der Waals surface area contributed by atoms with Gasteiger partial charge in [-0.3, -0.25) is 9.59 Å². The molecule has 0 spiro atoms. The summed E-state index contributed by atoms with van der Waals surface area (Å²) in [4.78, 5) is 29.2. The summed E-state index contributed by atoms with van der Waals surface area (Å²) in [5.41, 5.74) is 1.10. The Balaban J connectivity index is 1.52. The molecule has 1 aromatic carbocycles. The smallest absolute Gasteiger partial charge is 0.245 e. The first-order valence-electron chi connectivity index (χ1n) is 10.0. The highest BCUT2D eigenvalue weighted by Gasteiger charge is 2.36. The van der Waals surface area contributed by atoms with Crippen LogP contribution in [0, 0.1) is 0 Å². The van der Waals surface area contributed by atoms with Gasteiger partial charge in [0.1, 0.15) is 6.04 Å². The van der Waals surface area contributed by atoms with Crippen molar-refractivity contribution in [1.29, 1.82) is 0 Å². The van der Waals surface area contributed by atoms with Gasteiger partial charge in [0, 0.05) is 26.1 Å². The number of methoxy groups -OCH3 is 2. The van der Waals surface area contributed by atoms with Gasteiger partial charge in [0.15, 0.2) is 11.5 Å². The Labute approximate surface area is 166 Å². The van der Waals surface area contributed by atoms with Gasteiger partial charge in [-0.2, -0.15) is 0 Å². The van der Waals surface area contributed by atoms with Crippen LogP contribution in [-0.4, -0.2) is 74.7 Å².